The third-order valence-electron chi connectivity index (χ3n) is 3.41. The smallest absolute Gasteiger partial charge is 0.260 e. The molecular formula is C17H25N3O3. The molecule has 6 nitrogen and oxygen atoms in total. The van der Waals surface area contributed by atoms with Crippen LogP contribution in [0.4, 0.5) is 5.69 Å². The molecule has 1 atom stereocenters. The van der Waals surface area contributed by atoms with Gasteiger partial charge in [0.1, 0.15) is 0 Å². The number of oxime groups is 1. The molecule has 0 fully saturated rings. The van der Waals surface area contributed by atoms with Crippen LogP contribution in [0.1, 0.15) is 40.2 Å². The van der Waals surface area contributed by atoms with Gasteiger partial charge in [-0.2, -0.15) is 0 Å². The normalized spacial score (nSPS) is 12.7. The van der Waals surface area contributed by atoms with Crippen LogP contribution in [0.15, 0.2) is 29.4 Å². The van der Waals surface area contributed by atoms with Gasteiger partial charge in [0.25, 0.3) is 5.91 Å². The molecule has 0 aliphatic rings. The molecule has 0 heterocycles. The largest absolute Gasteiger partial charge is 0.385 e. The third-order valence-corrected chi connectivity index (χ3v) is 3.41. The summed E-state index contributed by atoms with van der Waals surface area (Å²) in [6.45, 7) is 9.17. The molecule has 1 unspecified atom stereocenters. The number of benzene rings is 1. The fourth-order valence-electron chi connectivity index (χ4n) is 1.70. The van der Waals surface area contributed by atoms with E-state index in [2.05, 4.69) is 15.8 Å². The Morgan fingerprint density at radius 3 is 2.26 bits per heavy atom. The van der Waals surface area contributed by atoms with Crippen LogP contribution < -0.4 is 10.6 Å². The first kappa shape index (κ1) is 18.7. The molecule has 1 rings (SSSR count). The zero-order valence-corrected chi connectivity index (χ0v) is 14.3. The minimum absolute atomic E-state index is 0.0949. The molecule has 1 aromatic rings. The van der Waals surface area contributed by atoms with Gasteiger partial charge in [-0.1, -0.05) is 31.1 Å². The lowest BCUT2D eigenvalue weighted by Gasteiger charge is -2.16. The van der Waals surface area contributed by atoms with E-state index in [1.165, 1.54) is 6.92 Å². The van der Waals surface area contributed by atoms with Gasteiger partial charge in [-0.3, -0.25) is 9.59 Å². The molecule has 2 amide bonds. The van der Waals surface area contributed by atoms with E-state index < -0.39 is 0 Å². The van der Waals surface area contributed by atoms with E-state index in [0.717, 1.165) is 11.3 Å². The summed E-state index contributed by atoms with van der Waals surface area (Å²) in [6.07, 6.45) is 0. The summed E-state index contributed by atoms with van der Waals surface area (Å²) in [5.41, 5.74) is 2.23. The van der Waals surface area contributed by atoms with Crippen molar-refractivity contribution >= 4 is 23.2 Å². The van der Waals surface area contributed by atoms with Crippen LogP contribution in [0.3, 0.4) is 0 Å². The van der Waals surface area contributed by atoms with Crippen molar-refractivity contribution in [3.8, 4) is 0 Å². The van der Waals surface area contributed by atoms with Crippen LogP contribution in [0.5, 0.6) is 0 Å². The van der Waals surface area contributed by atoms with Crippen LogP contribution in [0.25, 0.3) is 0 Å². The molecule has 2 N–H and O–H groups in total. The van der Waals surface area contributed by atoms with E-state index in [1.54, 1.807) is 19.1 Å². The molecule has 0 saturated heterocycles. The maximum atomic E-state index is 11.7. The van der Waals surface area contributed by atoms with E-state index in [9.17, 15) is 9.59 Å². The average Bonchev–Trinajstić information content (AvgIpc) is 2.47. The van der Waals surface area contributed by atoms with Crippen LogP contribution in [-0.4, -0.2) is 30.2 Å². The van der Waals surface area contributed by atoms with Crippen molar-refractivity contribution in [2.45, 2.75) is 40.7 Å². The van der Waals surface area contributed by atoms with E-state index in [-0.39, 0.29) is 24.5 Å². The Bertz CT molecular complexity index is 565. The fraction of sp³-hybridized carbons (Fsp3) is 0.471. The number of amides is 2. The fourth-order valence-corrected chi connectivity index (χ4v) is 1.70. The molecule has 126 valence electrons. The molecule has 0 aliphatic carbocycles. The molecular weight excluding hydrogens is 294 g/mol. The highest BCUT2D eigenvalue weighted by Crippen LogP contribution is 2.10. The first-order chi connectivity index (χ1) is 10.8. The molecule has 1 aromatic carbocycles. The van der Waals surface area contributed by atoms with Crippen molar-refractivity contribution in [1.82, 2.24) is 5.32 Å². The van der Waals surface area contributed by atoms with Crippen molar-refractivity contribution in [2.75, 3.05) is 11.9 Å². The summed E-state index contributed by atoms with van der Waals surface area (Å²) >= 11 is 0. The van der Waals surface area contributed by atoms with Crippen LogP contribution in [0.2, 0.25) is 0 Å². The Kier molecular flexibility index (Phi) is 7.25. The lowest BCUT2D eigenvalue weighted by Crippen LogP contribution is -2.38. The minimum Gasteiger partial charge on any atom is -0.385 e. The van der Waals surface area contributed by atoms with Gasteiger partial charge < -0.3 is 15.5 Å². The summed E-state index contributed by atoms with van der Waals surface area (Å²) in [5.74, 6) is 0.0585. The molecule has 6 heteroatoms. The summed E-state index contributed by atoms with van der Waals surface area (Å²) in [7, 11) is 0. The second-order valence-corrected chi connectivity index (χ2v) is 5.81. The number of hydrogen-bond donors (Lipinski definition) is 2. The predicted octanol–water partition coefficient (Wildman–Crippen LogP) is 2.55. The van der Waals surface area contributed by atoms with Crippen molar-refractivity contribution in [3.63, 3.8) is 0 Å². The average molecular weight is 319 g/mol. The second kappa shape index (κ2) is 8.92. The monoisotopic (exact) mass is 319 g/mol. The molecule has 0 radical (unpaired) electrons. The highest BCUT2D eigenvalue weighted by Gasteiger charge is 2.10. The van der Waals surface area contributed by atoms with Crippen molar-refractivity contribution in [3.05, 3.63) is 29.8 Å². The number of nitrogens with zero attached hydrogens (tertiary/aromatic N) is 1. The van der Waals surface area contributed by atoms with Gasteiger partial charge in [-0.15, -0.1) is 0 Å². The zero-order chi connectivity index (χ0) is 17.4. The summed E-state index contributed by atoms with van der Waals surface area (Å²) in [6, 6.07) is 7.32. The predicted molar refractivity (Wildman–Crippen MR) is 91.4 cm³/mol. The quantitative estimate of drug-likeness (QED) is 0.599. The van der Waals surface area contributed by atoms with Crippen molar-refractivity contribution in [1.29, 1.82) is 0 Å². The van der Waals surface area contributed by atoms with Crippen molar-refractivity contribution in [2.24, 2.45) is 11.1 Å². The van der Waals surface area contributed by atoms with E-state index >= 15 is 0 Å². The Balaban J connectivity index is 2.50. The van der Waals surface area contributed by atoms with Gasteiger partial charge in [-0.25, -0.2) is 0 Å². The van der Waals surface area contributed by atoms with E-state index in [1.807, 2.05) is 32.9 Å². The van der Waals surface area contributed by atoms with Gasteiger partial charge in [-0.05, 0) is 37.5 Å². The van der Waals surface area contributed by atoms with Crippen molar-refractivity contribution < 1.29 is 14.4 Å². The van der Waals surface area contributed by atoms with E-state index in [4.69, 9.17) is 4.84 Å². The number of hydrogen-bond acceptors (Lipinski definition) is 4. The molecule has 0 saturated carbocycles. The maximum absolute atomic E-state index is 11.7. The molecule has 0 bridgehead atoms. The van der Waals surface area contributed by atoms with Gasteiger partial charge in [0.2, 0.25) is 5.91 Å². The second-order valence-electron chi connectivity index (χ2n) is 5.81. The molecule has 0 aromatic heterocycles. The van der Waals surface area contributed by atoms with Crippen LogP contribution >= 0.6 is 0 Å². The Labute approximate surface area is 137 Å². The number of carbonyl (C=O) groups is 2. The van der Waals surface area contributed by atoms with E-state index in [0.29, 0.717) is 11.6 Å². The highest BCUT2D eigenvalue weighted by molar-refractivity contribution is 5.99. The maximum Gasteiger partial charge on any atom is 0.260 e. The Morgan fingerprint density at radius 1 is 1.13 bits per heavy atom. The number of rotatable bonds is 7. The highest BCUT2D eigenvalue weighted by atomic mass is 16.6. The van der Waals surface area contributed by atoms with Gasteiger partial charge >= 0.3 is 0 Å². The summed E-state index contributed by atoms with van der Waals surface area (Å²) < 4.78 is 0. The first-order valence-electron chi connectivity index (χ1n) is 7.63. The number of anilines is 1. The third kappa shape index (κ3) is 6.95. The Morgan fingerprint density at radius 2 is 1.74 bits per heavy atom. The summed E-state index contributed by atoms with van der Waals surface area (Å²) in [5, 5.41) is 9.48. The molecule has 0 spiro atoms. The number of nitrogens with one attached hydrogen (secondary N) is 2. The van der Waals surface area contributed by atoms with Gasteiger partial charge in [0.05, 0.1) is 5.71 Å². The standard InChI is InChI=1S/C17H25N3O3/c1-11(2)12(3)18-17(22)10-23-20-13(4)15-6-8-16(9-7-15)19-14(5)21/h6-9,11-12H,10H2,1-5H3,(H,18,22)(H,19,21)/b20-13-. The minimum atomic E-state index is -0.191. The van der Waals surface area contributed by atoms with Gasteiger partial charge in [0, 0.05) is 18.7 Å². The summed E-state index contributed by atoms with van der Waals surface area (Å²) in [4.78, 5) is 27.7. The van der Waals surface area contributed by atoms with Gasteiger partial charge in [0.15, 0.2) is 6.61 Å². The Hall–Kier alpha value is -2.37. The lowest BCUT2D eigenvalue weighted by atomic mass is 10.1. The SMILES string of the molecule is CC(=O)Nc1ccc(/C(C)=N\OCC(=O)NC(C)C(C)C)cc1. The number of carbonyl (C=O) groups excluding carboxylic acids is 2. The topological polar surface area (TPSA) is 79.8 Å². The van der Waals surface area contributed by atoms with Crippen LogP contribution in [0, 0.1) is 5.92 Å². The molecule has 23 heavy (non-hydrogen) atoms. The first-order valence-corrected chi connectivity index (χ1v) is 7.63. The molecule has 0 aliphatic heterocycles. The van der Waals surface area contributed by atoms with Crippen LogP contribution in [-0.2, 0) is 14.4 Å². The lowest BCUT2D eigenvalue weighted by molar-refractivity contribution is -0.126. The zero-order valence-electron chi connectivity index (χ0n) is 14.3.